The predicted molar refractivity (Wildman–Crippen MR) is 43.4 cm³/mol. The first-order valence-electron chi connectivity index (χ1n) is 3.40. The SMILES string of the molecule is Oc1cccc2cccnc12.[Cl-].[Cl-].[Cl-].[Cl-].[Ti+4]. The molecule has 0 fully saturated rings. The van der Waals surface area contributed by atoms with Gasteiger partial charge in [0.15, 0.2) is 0 Å². The largest absolute Gasteiger partial charge is 4.00 e. The van der Waals surface area contributed by atoms with Gasteiger partial charge in [0, 0.05) is 11.6 Å². The third-order valence-corrected chi connectivity index (χ3v) is 1.61. The third kappa shape index (κ3) is 5.58. The molecule has 1 aromatic carbocycles. The normalized spacial score (nSPS) is 7.00. The fraction of sp³-hybridized carbons (Fsp3) is 0. The van der Waals surface area contributed by atoms with Crippen molar-refractivity contribution in [3.63, 3.8) is 0 Å². The number of hydrogen-bond acceptors (Lipinski definition) is 2. The number of aromatic nitrogens is 1. The van der Waals surface area contributed by atoms with Gasteiger partial charge in [0.2, 0.25) is 0 Å². The summed E-state index contributed by atoms with van der Waals surface area (Å²) in [6, 6.07) is 9.13. The maximum Gasteiger partial charge on any atom is 4.00 e. The number of nitrogens with zero attached hydrogens (tertiary/aromatic N) is 1. The number of fused-ring (bicyclic) bond motifs is 1. The van der Waals surface area contributed by atoms with Crippen LogP contribution in [0.1, 0.15) is 0 Å². The van der Waals surface area contributed by atoms with Crippen LogP contribution in [0.2, 0.25) is 0 Å². The van der Waals surface area contributed by atoms with Gasteiger partial charge >= 0.3 is 21.7 Å². The molecule has 1 N–H and O–H groups in total. The fourth-order valence-corrected chi connectivity index (χ4v) is 1.09. The van der Waals surface area contributed by atoms with E-state index in [9.17, 15) is 5.11 Å². The summed E-state index contributed by atoms with van der Waals surface area (Å²) in [4.78, 5) is 4.03. The van der Waals surface area contributed by atoms with Crippen molar-refractivity contribution in [1.29, 1.82) is 0 Å². The number of benzene rings is 1. The minimum absolute atomic E-state index is 0. The third-order valence-electron chi connectivity index (χ3n) is 1.61. The monoisotopic (exact) mass is 333 g/mol. The average Bonchev–Trinajstić information content (AvgIpc) is 2.06. The van der Waals surface area contributed by atoms with Gasteiger partial charge < -0.3 is 54.7 Å². The van der Waals surface area contributed by atoms with Crippen LogP contribution in [0.5, 0.6) is 5.75 Å². The van der Waals surface area contributed by atoms with E-state index in [1.54, 1.807) is 18.3 Å². The topological polar surface area (TPSA) is 33.1 Å². The van der Waals surface area contributed by atoms with Crippen LogP contribution in [0.25, 0.3) is 10.9 Å². The number of phenols is 1. The minimum Gasteiger partial charge on any atom is -1.00 e. The van der Waals surface area contributed by atoms with Gasteiger partial charge in [0.25, 0.3) is 0 Å². The van der Waals surface area contributed by atoms with Crippen molar-refractivity contribution in [3.05, 3.63) is 36.5 Å². The maximum atomic E-state index is 9.31. The Hall–Kier alpha value is 0.304. The molecule has 7 heteroatoms. The second-order valence-electron chi connectivity index (χ2n) is 2.35. The van der Waals surface area contributed by atoms with E-state index in [0.29, 0.717) is 5.52 Å². The van der Waals surface area contributed by atoms with Gasteiger partial charge in [-0.3, -0.25) is 4.98 Å². The molecule has 2 rings (SSSR count). The van der Waals surface area contributed by atoms with Crippen LogP contribution in [0.4, 0.5) is 0 Å². The van der Waals surface area contributed by atoms with Crippen LogP contribution in [0.3, 0.4) is 0 Å². The smallest absolute Gasteiger partial charge is 1.00 e. The summed E-state index contributed by atoms with van der Waals surface area (Å²) in [5.41, 5.74) is 0.662. The molecule has 0 bridgehead atoms. The molecule has 0 aliphatic heterocycles. The number of para-hydroxylation sites is 1. The number of hydrogen-bond donors (Lipinski definition) is 1. The van der Waals surface area contributed by atoms with E-state index in [4.69, 9.17) is 0 Å². The number of halogens is 4. The van der Waals surface area contributed by atoms with Crippen LogP contribution in [-0.2, 0) is 21.7 Å². The second kappa shape index (κ2) is 11.8. The summed E-state index contributed by atoms with van der Waals surface area (Å²) >= 11 is 0. The average molecular weight is 335 g/mol. The zero-order valence-electron chi connectivity index (χ0n) is 7.87. The van der Waals surface area contributed by atoms with Crippen molar-refractivity contribution in [1.82, 2.24) is 4.98 Å². The van der Waals surface area contributed by atoms with Gasteiger partial charge in [-0.1, -0.05) is 18.2 Å². The molecule has 0 spiro atoms. The van der Waals surface area contributed by atoms with Crippen LogP contribution in [-0.4, -0.2) is 10.1 Å². The summed E-state index contributed by atoms with van der Waals surface area (Å²) < 4.78 is 0. The Labute approximate surface area is 134 Å². The van der Waals surface area contributed by atoms with Gasteiger partial charge in [-0.2, -0.15) is 0 Å². The Balaban J connectivity index is -0.000000144. The van der Waals surface area contributed by atoms with E-state index in [1.165, 1.54) is 0 Å². The van der Waals surface area contributed by atoms with Crippen molar-refractivity contribution < 1.29 is 76.5 Å². The fourth-order valence-electron chi connectivity index (χ4n) is 1.09. The molecule has 1 heterocycles. The Kier molecular flexibility index (Phi) is 18.6. The molecule has 86 valence electrons. The van der Waals surface area contributed by atoms with E-state index in [1.807, 2.05) is 18.2 Å². The van der Waals surface area contributed by atoms with Crippen molar-refractivity contribution >= 4 is 10.9 Å². The molecule has 0 unspecified atom stereocenters. The second-order valence-corrected chi connectivity index (χ2v) is 2.35. The van der Waals surface area contributed by atoms with Crippen LogP contribution in [0, 0.1) is 0 Å². The maximum absolute atomic E-state index is 9.31. The molecular formula is C9H7Cl4NOTi. The Morgan fingerprint density at radius 2 is 1.44 bits per heavy atom. The molecule has 16 heavy (non-hydrogen) atoms. The Morgan fingerprint density at radius 1 is 0.875 bits per heavy atom. The molecule has 0 atom stereocenters. The Bertz CT molecular complexity index is 397. The summed E-state index contributed by atoms with van der Waals surface area (Å²) in [7, 11) is 0. The molecule has 0 saturated carbocycles. The quantitative estimate of drug-likeness (QED) is 0.486. The number of phenolic OH excluding ortho intramolecular Hbond substituents is 1. The molecular weight excluding hydrogens is 328 g/mol. The van der Waals surface area contributed by atoms with Crippen molar-refractivity contribution in [2.45, 2.75) is 0 Å². The molecule has 0 aliphatic rings. The molecule has 2 nitrogen and oxygen atoms in total. The minimum atomic E-state index is 0. The van der Waals surface area contributed by atoms with Gasteiger partial charge in [-0.15, -0.1) is 0 Å². The van der Waals surface area contributed by atoms with Gasteiger partial charge in [0.1, 0.15) is 11.3 Å². The number of pyridine rings is 1. The van der Waals surface area contributed by atoms with Gasteiger partial charge in [-0.05, 0) is 12.1 Å². The van der Waals surface area contributed by atoms with Crippen molar-refractivity contribution in [2.75, 3.05) is 0 Å². The first-order chi connectivity index (χ1) is 5.38. The zero-order chi connectivity index (χ0) is 7.68. The van der Waals surface area contributed by atoms with Crippen LogP contribution in [0.15, 0.2) is 36.5 Å². The van der Waals surface area contributed by atoms with E-state index >= 15 is 0 Å². The van der Waals surface area contributed by atoms with E-state index in [2.05, 4.69) is 4.98 Å². The first kappa shape index (κ1) is 25.2. The number of aromatic hydroxyl groups is 1. The zero-order valence-corrected chi connectivity index (χ0v) is 12.5. The summed E-state index contributed by atoms with van der Waals surface area (Å²) in [5.74, 6) is 0.239. The van der Waals surface area contributed by atoms with Crippen molar-refractivity contribution in [3.8, 4) is 5.75 Å². The van der Waals surface area contributed by atoms with E-state index < -0.39 is 0 Å². The van der Waals surface area contributed by atoms with Gasteiger partial charge in [-0.25, -0.2) is 0 Å². The van der Waals surface area contributed by atoms with E-state index in [0.717, 1.165) is 5.39 Å². The molecule has 0 saturated heterocycles. The standard InChI is InChI=1S/C9H7NO.4ClH.Ti/c11-8-5-1-3-7-4-2-6-10-9(7)8;;;;;/h1-6,11H;4*1H;/q;;;;;+4/p-4. The number of rotatable bonds is 0. The molecule has 2 aromatic rings. The molecule has 0 radical (unpaired) electrons. The summed E-state index contributed by atoms with van der Waals surface area (Å²) in [6.07, 6.45) is 1.67. The predicted octanol–water partition coefficient (Wildman–Crippen LogP) is -10.0. The van der Waals surface area contributed by atoms with Crippen LogP contribution >= 0.6 is 0 Å². The van der Waals surface area contributed by atoms with E-state index in [-0.39, 0.29) is 77.1 Å². The molecule has 1 aromatic heterocycles. The van der Waals surface area contributed by atoms with Crippen molar-refractivity contribution in [2.24, 2.45) is 0 Å². The summed E-state index contributed by atoms with van der Waals surface area (Å²) in [5, 5.41) is 10.3. The van der Waals surface area contributed by atoms with Gasteiger partial charge in [0.05, 0.1) is 0 Å². The summed E-state index contributed by atoms with van der Waals surface area (Å²) in [6.45, 7) is 0. The Morgan fingerprint density at radius 3 is 2.00 bits per heavy atom. The van der Waals surface area contributed by atoms with Crippen LogP contribution < -0.4 is 49.6 Å². The first-order valence-corrected chi connectivity index (χ1v) is 3.40. The molecule has 0 aliphatic carbocycles. The molecule has 0 amide bonds.